The highest BCUT2D eigenvalue weighted by Gasteiger charge is 2.38. The monoisotopic (exact) mass is 362 g/mol. The third-order valence-electron chi connectivity index (χ3n) is 4.81. The van der Waals surface area contributed by atoms with Gasteiger partial charge in [0.2, 0.25) is 0 Å². The number of halogens is 1. The van der Waals surface area contributed by atoms with Gasteiger partial charge in [-0.3, -0.25) is 4.79 Å². The number of ether oxygens (including phenoxy) is 2. The summed E-state index contributed by atoms with van der Waals surface area (Å²) in [5.74, 6) is -1.23. The number of benzene rings is 1. The maximum Gasteiger partial charge on any atom is 0.333 e. The summed E-state index contributed by atoms with van der Waals surface area (Å²) < 4.78 is 24.5. The highest BCUT2D eigenvalue weighted by Crippen LogP contribution is 2.41. The number of hydrogen-bond acceptors (Lipinski definition) is 4. The maximum atomic E-state index is 13.3. The van der Waals surface area contributed by atoms with Gasteiger partial charge in [0.25, 0.3) is 0 Å². The van der Waals surface area contributed by atoms with Gasteiger partial charge in [-0.05, 0) is 56.7 Å². The minimum Gasteiger partial charge on any atom is -0.458 e. The molecular weight excluding hydrogens is 335 g/mol. The fraction of sp³-hybridized carbons (Fsp3) is 0.524. The molecule has 1 saturated carbocycles. The smallest absolute Gasteiger partial charge is 0.333 e. The summed E-state index contributed by atoms with van der Waals surface area (Å²) in [6.07, 6.45) is 4.39. The van der Waals surface area contributed by atoms with E-state index in [-0.39, 0.29) is 12.2 Å². The zero-order valence-corrected chi connectivity index (χ0v) is 15.6. The highest BCUT2D eigenvalue weighted by molar-refractivity contribution is 5.87. The van der Waals surface area contributed by atoms with Crippen LogP contribution in [0.25, 0.3) is 0 Å². The van der Waals surface area contributed by atoms with E-state index < -0.39 is 23.6 Å². The Kier molecular flexibility index (Phi) is 6.95. The van der Waals surface area contributed by atoms with Gasteiger partial charge in [0, 0.05) is 5.57 Å². The Morgan fingerprint density at radius 3 is 2.35 bits per heavy atom. The van der Waals surface area contributed by atoms with Crippen LogP contribution >= 0.6 is 0 Å². The van der Waals surface area contributed by atoms with E-state index in [4.69, 9.17) is 9.47 Å². The molecule has 1 aromatic carbocycles. The molecule has 0 bridgehead atoms. The van der Waals surface area contributed by atoms with Crippen molar-refractivity contribution in [3.8, 4) is 0 Å². The Balaban J connectivity index is 2.10. The molecule has 4 nitrogen and oxygen atoms in total. The first kappa shape index (κ1) is 20.1. The van der Waals surface area contributed by atoms with E-state index in [0.717, 1.165) is 24.8 Å². The molecule has 0 aliphatic heterocycles. The molecule has 5 heteroatoms. The van der Waals surface area contributed by atoms with E-state index in [1.807, 2.05) is 6.92 Å². The average molecular weight is 362 g/mol. The Morgan fingerprint density at radius 1 is 1.19 bits per heavy atom. The first-order valence-corrected chi connectivity index (χ1v) is 9.20. The molecule has 0 spiro atoms. The van der Waals surface area contributed by atoms with E-state index in [0.29, 0.717) is 24.8 Å². The van der Waals surface area contributed by atoms with Crippen LogP contribution in [0.15, 0.2) is 36.4 Å². The molecule has 2 rings (SSSR count). The topological polar surface area (TPSA) is 52.6 Å². The normalized spacial score (nSPS) is 17.2. The van der Waals surface area contributed by atoms with Crippen LogP contribution in [0.5, 0.6) is 0 Å². The molecule has 26 heavy (non-hydrogen) atoms. The fourth-order valence-electron chi connectivity index (χ4n) is 3.29. The molecule has 1 aromatic rings. The van der Waals surface area contributed by atoms with Crippen molar-refractivity contribution >= 4 is 11.9 Å². The molecular formula is C21H27FO4. The average Bonchev–Trinajstić information content (AvgIpc) is 2.62. The van der Waals surface area contributed by atoms with Crippen molar-refractivity contribution in [3.63, 3.8) is 0 Å². The summed E-state index contributed by atoms with van der Waals surface area (Å²) in [7, 11) is 0. The standard InChI is InChI=1S/C21H27FO4/c1-4-18(25-20(24)15(2)3)14-19(23)26-21(12-6-5-7-13-21)16-8-10-17(22)11-9-16/h8-11,18H,2,4-7,12-14H2,1,3H3. The van der Waals surface area contributed by atoms with Gasteiger partial charge < -0.3 is 9.47 Å². The molecule has 0 saturated heterocycles. The van der Waals surface area contributed by atoms with Gasteiger partial charge in [0.15, 0.2) is 0 Å². The summed E-state index contributed by atoms with van der Waals surface area (Å²) >= 11 is 0. The quantitative estimate of drug-likeness (QED) is 0.516. The number of carbonyl (C=O) groups excluding carboxylic acids is 2. The number of carbonyl (C=O) groups is 2. The van der Waals surface area contributed by atoms with Crippen LogP contribution in [0.3, 0.4) is 0 Å². The summed E-state index contributed by atoms with van der Waals surface area (Å²) in [5.41, 5.74) is 0.394. The first-order chi connectivity index (χ1) is 12.4. The van der Waals surface area contributed by atoms with Crippen molar-refractivity contribution in [3.05, 3.63) is 47.8 Å². The molecule has 142 valence electrons. The minimum absolute atomic E-state index is 0.00152. The molecule has 0 aromatic heterocycles. The molecule has 1 fully saturated rings. The summed E-state index contributed by atoms with van der Waals surface area (Å²) in [6.45, 7) is 6.97. The van der Waals surface area contributed by atoms with Crippen molar-refractivity contribution < 1.29 is 23.5 Å². The zero-order chi connectivity index (χ0) is 19.2. The minimum atomic E-state index is -0.723. The summed E-state index contributed by atoms with van der Waals surface area (Å²) in [4.78, 5) is 24.3. The number of hydrogen-bond donors (Lipinski definition) is 0. The molecule has 1 atom stereocenters. The van der Waals surface area contributed by atoms with E-state index in [9.17, 15) is 14.0 Å². The van der Waals surface area contributed by atoms with E-state index in [1.165, 1.54) is 12.1 Å². The third kappa shape index (κ3) is 5.16. The van der Waals surface area contributed by atoms with E-state index in [2.05, 4.69) is 6.58 Å². The lowest BCUT2D eigenvalue weighted by atomic mass is 9.79. The molecule has 1 aliphatic rings. The van der Waals surface area contributed by atoms with Crippen LogP contribution in [0.4, 0.5) is 4.39 Å². The highest BCUT2D eigenvalue weighted by atomic mass is 19.1. The van der Waals surface area contributed by atoms with Crippen LogP contribution in [0.1, 0.15) is 64.4 Å². The van der Waals surface area contributed by atoms with Crippen LogP contribution < -0.4 is 0 Å². The van der Waals surface area contributed by atoms with E-state index >= 15 is 0 Å². The third-order valence-corrected chi connectivity index (χ3v) is 4.81. The van der Waals surface area contributed by atoms with Crippen molar-refractivity contribution in [2.75, 3.05) is 0 Å². The maximum absolute atomic E-state index is 13.3. The van der Waals surface area contributed by atoms with Crippen molar-refractivity contribution in [1.29, 1.82) is 0 Å². The van der Waals surface area contributed by atoms with Gasteiger partial charge in [0.05, 0.1) is 6.42 Å². The Hall–Kier alpha value is -2.17. The number of esters is 2. The van der Waals surface area contributed by atoms with E-state index in [1.54, 1.807) is 19.1 Å². The molecule has 0 amide bonds. The van der Waals surface area contributed by atoms with Gasteiger partial charge in [0.1, 0.15) is 17.5 Å². The van der Waals surface area contributed by atoms with Gasteiger partial charge >= 0.3 is 11.9 Å². The Bertz CT molecular complexity index is 644. The first-order valence-electron chi connectivity index (χ1n) is 9.20. The van der Waals surface area contributed by atoms with Gasteiger partial charge in [-0.15, -0.1) is 0 Å². The SMILES string of the molecule is C=C(C)C(=O)OC(CC)CC(=O)OC1(c2ccc(F)cc2)CCCCC1. The summed E-state index contributed by atoms with van der Waals surface area (Å²) in [6, 6.07) is 6.16. The lowest BCUT2D eigenvalue weighted by Gasteiger charge is -2.37. The van der Waals surface area contributed by atoms with Crippen molar-refractivity contribution in [1.82, 2.24) is 0 Å². The summed E-state index contributed by atoms with van der Waals surface area (Å²) in [5, 5.41) is 0. The lowest BCUT2D eigenvalue weighted by molar-refractivity contribution is -0.169. The fourth-order valence-corrected chi connectivity index (χ4v) is 3.29. The zero-order valence-electron chi connectivity index (χ0n) is 15.6. The predicted octanol–water partition coefficient (Wildman–Crippen LogP) is 4.82. The molecule has 0 radical (unpaired) electrons. The second-order valence-electron chi connectivity index (χ2n) is 6.96. The molecule has 0 heterocycles. The van der Waals surface area contributed by atoms with Gasteiger partial charge in [-0.25, -0.2) is 9.18 Å². The Labute approximate surface area is 154 Å². The number of rotatable bonds is 7. The van der Waals surface area contributed by atoms with Crippen LogP contribution in [-0.4, -0.2) is 18.0 Å². The van der Waals surface area contributed by atoms with Gasteiger partial charge in [-0.2, -0.15) is 0 Å². The van der Waals surface area contributed by atoms with Gasteiger partial charge in [-0.1, -0.05) is 32.1 Å². The van der Waals surface area contributed by atoms with Crippen LogP contribution in [-0.2, 0) is 24.7 Å². The lowest BCUT2D eigenvalue weighted by Crippen LogP contribution is -2.36. The Morgan fingerprint density at radius 2 is 1.81 bits per heavy atom. The predicted molar refractivity (Wildman–Crippen MR) is 96.9 cm³/mol. The van der Waals surface area contributed by atoms with Crippen LogP contribution in [0, 0.1) is 5.82 Å². The van der Waals surface area contributed by atoms with Crippen molar-refractivity contribution in [2.24, 2.45) is 0 Å². The second kappa shape index (κ2) is 8.97. The molecule has 1 unspecified atom stereocenters. The van der Waals surface area contributed by atoms with Crippen molar-refractivity contribution in [2.45, 2.75) is 70.5 Å². The van der Waals surface area contributed by atoms with Crippen LogP contribution in [0.2, 0.25) is 0 Å². The molecule has 0 N–H and O–H groups in total. The second-order valence-corrected chi connectivity index (χ2v) is 6.96. The molecule has 1 aliphatic carbocycles. The largest absolute Gasteiger partial charge is 0.458 e.